The number of anilines is 1. The maximum Gasteiger partial charge on any atom is 0.150 e. The van der Waals surface area contributed by atoms with Crippen molar-refractivity contribution in [1.29, 1.82) is 5.26 Å². The number of ether oxygens (including phenoxy) is 1. The van der Waals surface area contributed by atoms with Crippen LogP contribution in [0.25, 0.3) is 0 Å². The normalized spacial score (nSPS) is 9.83. The molecule has 0 aromatic heterocycles. The number of nitrogens with zero attached hydrogens (tertiary/aromatic N) is 1. The molecule has 0 heterocycles. The van der Waals surface area contributed by atoms with Crippen molar-refractivity contribution in [2.24, 2.45) is 0 Å². The zero-order valence-electron chi connectivity index (χ0n) is 9.77. The third-order valence-corrected chi connectivity index (χ3v) is 2.68. The molecule has 90 valence electrons. The van der Waals surface area contributed by atoms with Crippen molar-refractivity contribution in [3.63, 3.8) is 0 Å². The lowest BCUT2D eigenvalue weighted by Crippen LogP contribution is -1.94. The molecule has 0 radical (unpaired) electrons. The second kappa shape index (κ2) is 4.99. The van der Waals surface area contributed by atoms with E-state index in [4.69, 9.17) is 27.3 Å². The van der Waals surface area contributed by atoms with Crippen molar-refractivity contribution in [3.8, 4) is 17.6 Å². The van der Waals surface area contributed by atoms with Gasteiger partial charge in [-0.2, -0.15) is 5.26 Å². The second-order valence-electron chi connectivity index (χ2n) is 3.90. The number of hydrogen-bond donors (Lipinski definition) is 1. The van der Waals surface area contributed by atoms with Crippen LogP contribution in [0.3, 0.4) is 0 Å². The molecule has 0 atom stereocenters. The monoisotopic (exact) mass is 258 g/mol. The van der Waals surface area contributed by atoms with Gasteiger partial charge in [-0.15, -0.1) is 0 Å². The van der Waals surface area contributed by atoms with Crippen LogP contribution in [0.1, 0.15) is 11.1 Å². The summed E-state index contributed by atoms with van der Waals surface area (Å²) >= 11 is 5.82. The summed E-state index contributed by atoms with van der Waals surface area (Å²) in [5.41, 5.74) is 7.82. The molecular weight excluding hydrogens is 248 g/mol. The Kier molecular flexibility index (Phi) is 3.40. The molecule has 2 N–H and O–H groups in total. The molecule has 3 nitrogen and oxygen atoms in total. The number of nitrogen functional groups attached to an aromatic ring is 1. The van der Waals surface area contributed by atoms with E-state index in [0.717, 1.165) is 5.56 Å². The predicted octanol–water partition coefficient (Wildman–Crippen LogP) is 3.89. The van der Waals surface area contributed by atoms with Gasteiger partial charge in [0.05, 0.1) is 11.3 Å². The fraction of sp³-hybridized carbons (Fsp3) is 0.0714. The predicted molar refractivity (Wildman–Crippen MR) is 71.8 cm³/mol. The lowest BCUT2D eigenvalue weighted by atomic mass is 10.2. The Morgan fingerprint density at radius 2 is 1.89 bits per heavy atom. The molecule has 0 amide bonds. The van der Waals surface area contributed by atoms with Gasteiger partial charge in [-0.1, -0.05) is 17.7 Å². The van der Waals surface area contributed by atoms with Gasteiger partial charge in [-0.3, -0.25) is 0 Å². The second-order valence-corrected chi connectivity index (χ2v) is 4.33. The van der Waals surface area contributed by atoms with Crippen molar-refractivity contribution in [2.45, 2.75) is 6.92 Å². The largest absolute Gasteiger partial charge is 0.454 e. The van der Waals surface area contributed by atoms with Gasteiger partial charge in [-0.05, 0) is 42.8 Å². The Morgan fingerprint density at radius 3 is 2.56 bits per heavy atom. The van der Waals surface area contributed by atoms with E-state index in [0.29, 0.717) is 27.8 Å². The fourth-order valence-corrected chi connectivity index (χ4v) is 1.73. The molecule has 0 fully saturated rings. The number of aryl methyl sites for hydroxylation is 1. The summed E-state index contributed by atoms with van der Waals surface area (Å²) in [7, 11) is 0. The van der Waals surface area contributed by atoms with Crippen LogP contribution in [0, 0.1) is 18.3 Å². The van der Waals surface area contributed by atoms with Gasteiger partial charge in [0.1, 0.15) is 17.6 Å². The third kappa shape index (κ3) is 2.55. The Balaban J connectivity index is 2.37. The van der Waals surface area contributed by atoms with Crippen LogP contribution < -0.4 is 10.5 Å². The van der Waals surface area contributed by atoms with Gasteiger partial charge < -0.3 is 10.5 Å². The van der Waals surface area contributed by atoms with E-state index >= 15 is 0 Å². The maximum absolute atomic E-state index is 9.01. The SMILES string of the molecule is Cc1ccc(Oc2ccc(Cl)cc2C#N)c(N)c1. The lowest BCUT2D eigenvalue weighted by Gasteiger charge is -2.10. The summed E-state index contributed by atoms with van der Waals surface area (Å²) in [6.07, 6.45) is 0. The number of halogens is 1. The molecule has 0 aliphatic rings. The number of nitrogens with two attached hydrogens (primary N) is 1. The van der Waals surface area contributed by atoms with E-state index in [1.807, 2.05) is 25.1 Å². The quantitative estimate of drug-likeness (QED) is 0.831. The van der Waals surface area contributed by atoms with E-state index in [9.17, 15) is 0 Å². The summed E-state index contributed by atoms with van der Waals surface area (Å²) in [4.78, 5) is 0. The van der Waals surface area contributed by atoms with Crippen LogP contribution in [0.4, 0.5) is 5.69 Å². The Hall–Kier alpha value is -2.18. The number of hydrogen-bond acceptors (Lipinski definition) is 3. The molecule has 2 aromatic rings. The minimum atomic E-state index is 0.377. The fourth-order valence-electron chi connectivity index (χ4n) is 1.56. The van der Waals surface area contributed by atoms with Crippen LogP contribution >= 0.6 is 11.6 Å². The molecule has 18 heavy (non-hydrogen) atoms. The van der Waals surface area contributed by atoms with E-state index in [1.54, 1.807) is 24.3 Å². The number of benzene rings is 2. The lowest BCUT2D eigenvalue weighted by molar-refractivity contribution is 0.483. The third-order valence-electron chi connectivity index (χ3n) is 2.45. The zero-order valence-corrected chi connectivity index (χ0v) is 10.5. The molecular formula is C14H11ClN2O. The minimum Gasteiger partial charge on any atom is -0.454 e. The van der Waals surface area contributed by atoms with E-state index in [1.165, 1.54) is 0 Å². The van der Waals surface area contributed by atoms with Crippen molar-refractivity contribution >= 4 is 17.3 Å². The van der Waals surface area contributed by atoms with Crippen LogP contribution in [0.2, 0.25) is 5.02 Å². The Morgan fingerprint density at radius 1 is 1.17 bits per heavy atom. The zero-order chi connectivity index (χ0) is 13.1. The molecule has 0 bridgehead atoms. The van der Waals surface area contributed by atoms with E-state index < -0.39 is 0 Å². The summed E-state index contributed by atoms with van der Waals surface area (Å²) < 4.78 is 5.64. The molecule has 0 aliphatic carbocycles. The van der Waals surface area contributed by atoms with Crippen molar-refractivity contribution < 1.29 is 4.74 Å². The van der Waals surface area contributed by atoms with Gasteiger partial charge in [0.15, 0.2) is 0 Å². The summed E-state index contributed by atoms with van der Waals surface area (Å²) in [5, 5.41) is 9.51. The minimum absolute atomic E-state index is 0.377. The molecule has 2 rings (SSSR count). The van der Waals surface area contributed by atoms with Gasteiger partial charge in [-0.25, -0.2) is 0 Å². The van der Waals surface area contributed by atoms with Gasteiger partial charge in [0.2, 0.25) is 0 Å². The Labute approximate surface area is 110 Å². The number of rotatable bonds is 2. The molecule has 0 aliphatic heterocycles. The van der Waals surface area contributed by atoms with Crippen LogP contribution in [-0.4, -0.2) is 0 Å². The highest BCUT2D eigenvalue weighted by Crippen LogP contribution is 2.31. The first-order valence-corrected chi connectivity index (χ1v) is 5.71. The standard InChI is InChI=1S/C14H11ClN2O/c1-9-2-4-14(12(17)6-9)18-13-5-3-11(15)7-10(13)8-16/h2-7H,17H2,1H3. The van der Waals surface area contributed by atoms with Gasteiger partial charge >= 0.3 is 0 Å². The first-order valence-electron chi connectivity index (χ1n) is 5.34. The first-order chi connectivity index (χ1) is 8.60. The first kappa shape index (κ1) is 12.3. The molecule has 0 unspecified atom stereocenters. The van der Waals surface area contributed by atoms with Gasteiger partial charge in [0, 0.05) is 5.02 Å². The Bertz CT molecular complexity index is 632. The number of nitriles is 1. The van der Waals surface area contributed by atoms with E-state index in [2.05, 4.69) is 0 Å². The molecule has 0 saturated carbocycles. The van der Waals surface area contributed by atoms with Crippen LogP contribution in [0.5, 0.6) is 11.5 Å². The highest BCUT2D eigenvalue weighted by molar-refractivity contribution is 6.30. The average molecular weight is 259 g/mol. The molecule has 0 spiro atoms. The van der Waals surface area contributed by atoms with Crippen molar-refractivity contribution in [3.05, 3.63) is 52.5 Å². The van der Waals surface area contributed by atoms with Crippen LogP contribution in [-0.2, 0) is 0 Å². The molecule has 2 aromatic carbocycles. The summed E-state index contributed by atoms with van der Waals surface area (Å²) in [6, 6.07) is 12.4. The molecule has 0 saturated heterocycles. The highest BCUT2D eigenvalue weighted by Gasteiger charge is 2.07. The summed E-state index contributed by atoms with van der Waals surface area (Å²) in [5.74, 6) is 0.969. The van der Waals surface area contributed by atoms with Gasteiger partial charge in [0.25, 0.3) is 0 Å². The molecule has 4 heteroatoms. The topological polar surface area (TPSA) is 59.0 Å². The maximum atomic E-state index is 9.01. The summed E-state index contributed by atoms with van der Waals surface area (Å²) in [6.45, 7) is 1.95. The van der Waals surface area contributed by atoms with Crippen molar-refractivity contribution in [1.82, 2.24) is 0 Å². The smallest absolute Gasteiger partial charge is 0.150 e. The average Bonchev–Trinajstić information content (AvgIpc) is 2.34. The van der Waals surface area contributed by atoms with Crippen LogP contribution in [0.15, 0.2) is 36.4 Å². The highest BCUT2D eigenvalue weighted by atomic mass is 35.5. The van der Waals surface area contributed by atoms with E-state index in [-0.39, 0.29) is 0 Å². The van der Waals surface area contributed by atoms with Crippen molar-refractivity contribution in [2.75, 3.05) is 5.73 Å².